The highest BCUT2D eigenvalue weighted by Crippen LogP contribution is 2.28. The molecule has 27 heavy (non-hydrogen) atoms. The lowest BCUT2D eigenvalue weighted by Crippen LogP contribution is -2.38. The van der Waals surface area contributed by atoms with Gasteiger partial charge in [0.2, 0.25) is 0 Å². The maximum absolute atomic E-state index is 12.4. The Morgan fingerprint density at radius 3 is 2.15 bits per heavy atom. The summed E-state index contributed by atoms with van der Waals surface area (Å²) < 4.78 is 15.5. The average Bonchev–Trinajstić information content (AvgIpc) is 2.72. The molecule has 0 saturated carbocycles. The molecular weight excluding hydrogens is 350 g/mol. The summed E-state index contributed by atoms with van der Waals surface area (Å²) >= 11 is 0. The molecule has 0 fully saturated rings. The number of amides is 2. The van der Waals surface area contributed by atoms with Gasteiger partial charge in [-0.15, -0.1) is 0 Å². The van der Waals surface area contributed by atoms with Gasteiger partial charge in [-0.3, -0.25) is 15.0 Å². The van der Waals surface area contributed by atoms with Crippen molar-refractivity contribution in [3.8, 4) is 17.2 Å². The van der Waals surface area contributed by atoms with Crippen molar-refractivity contribution in [2.45, 2.75) is 0 Å². The number of rotatable bonds is 7. The summed E-state index contributed by atoms with van der Waals surface area (Å²) in [5.74, 6) is 5.76. The Bertz CT molecular complexity index is 847. The summed E-state index contributed by atoms with van der Waals surface area (Å²) in [6, 6.07) is 11.5. The number of hydrogen-bond donors (Lipinski definition) is 3. The predicted octanol–water partition coefficient (Wildman–Crippen LogP) is 1.47. The van der Waals surface area contributed by atoms with Gasteiger partial charge in [0, 0.05) is 5.56 Å². The number of hydrazine groups is 1. The topological polar surface area (TPSA) is 112 Å². The summed E-state index contributed by atoms with van der Waals surface area (Å²) in [6.07, 6.45) is 1.48. The summed E-state index contributed by atoms with van der Waals surface area (Å²) in [5, 5.41) is 2.55. The van der Waals surface area contributed by atoms with Gasteiger partial charge in [-0.05, 0) is 48.0 Å². The van der Waals surface area contributed by atoms with E-state index in [0.717, 1.165) is 0 Å². The minimum absolute atomic E-state index is 0.0227. The van der Waals surface area contributed by atoms with Gasteiger partial charge in [-0.1, -0.05) is 6.07 Å². The SMILES string of the molecule is COc1ccc(C(=O)N/C(=C/c2ccc(OC)c(OC)c2)C(=O)NN)cc1. The molecule has 142 valence electrons. The Morgan fingerprint density at radius 2 is 1.59 bits per heavy atom. The minimum atomic E-state index is -0.647. The Hall–Kier alpha value is -3.52. The van der Waals surface area contributed by atoms with Crippen molar-refractivity contribution in [3.63, 3.8) is 0 Å². The second-order valence-corrected chi connectivity index (χ2v) is 5.33. The van der Waals surface area contributed by atoms with Gasteiger partial charge in [-0.2, -0.15) is 0 Å². The van der Waals surface area contributed by atoms with Crippen molar-refractivity contribution in [1.29, 1.82) is 0 Å². The summed E-state index contributed by atoms with van der Waals surface area (Å²) in [6.45, 7) is 0. The lowest BCUT2D eigenvalue weighted by atomic mass is 10.1. The van der Waals surface area contributed by atoms with E-state index in [-0.39, 0.29) is 5.70 Å². The van der Waals surface area contributed by atoms with E-state index in [1.54, 1.807) is 42.5 Å². The molecule has 0 saturated heterocycles. The van der Waals surface area contributed by atoms with Crippen molar-refractivity contribution >= 4 is 17.9 Å². The standard InChI is InChI=1S/C19H21N3O5/c1-25-14-7-5-13(6-8-14)18(23)21-15(19(24)22-20)10-12-4-9-16(26-2)17(11-12)27-3/h4-11H,20H2,1-3H3,(H,21,23)(H,22,24)/b15-10+. The fourth-order valence-corrected chi connectivity index (χ4v) is 2.28. The maximum atomic E-state index is 12.4. The Balaban J connectivity index is 2.30. The molecule has 2 rings (SSSR count). The van der Waals surface area contributed by atoms with Crippen LogP contribution in [0.1, 0.15) is 15.9 Å². The fraction of sp³-hybridized carbons (Fsp3) is 0.158. The number of ether oxygens (including phenoxy) is 3. The molecular formula is C19H21N3O5. The number of hydrogen-bond acceptors (Lipinski definition) is 6. The smallest absolute Gasteiger partial charge is 0.281 e. The van der Waals surface area contributed by atoms with E-state index >= 15 is 0 Å². The molecule has 0 aliphatic carbocycles. The number of carbonyl (C=O) groups excluding carboxylic acids is 2. The lowest BCUT2D eigenvalue weighted by Gasteiger charge is -2.11. The first-order chi connectivity index (χ1) is 13.0. The molecule has 0 heterocycles. The van der Waals surface area contributed by atoms with Crippen LogP contribution in [-0.2, 0) is 4.79 Å². The molecule has 8 heteroatoms. The molecule has 2 amide bonds. The van der Waals surface area contributed by atoms with Crippen LogP contribution < -0.4 is 30.8 Å². The molecule has 0 unspecified atom stereocenters. The van der Waals surface area contributed by atoms with E-state index in [0.29, 0.717) is 28.4 Å². The van der Waals surface area contributed by atoms with Crippen LogP contribution in [0.5, 0.6) is 17.2 Å². The molecule has 0 spiro atoms. The number of carbonyl (C=O) groups is 2. The van der Waals surface area contributed by atoms with Crippen LogP contribution in [0.2, 0.25) is 0 Å². The molecule has 0 radical (unpaired) electrons. The molecule has 4 N–H and O–H groups in total. The molecule has 0 atom stereocenters. The van der Waals surface area contributed by atoms with Gasteiger partial charge in [0.1, 0.15) is 11.4 Å². The number of methoxy groups -OCH3 is 3. The normalized spacial score (nSPS) is 10.7. The van der Waals surface area contributed by atoms with Crippen molar-refractivity contribution in [3.05, 3.63) is 59.3 Å². The Kier molecular flexibility index (Phi) is 6.79. The molecule has 0 aliphatic heterocycles. The third-order valence-electron chi connectivity index (χ3n) is 3.69. The van der Waals surface area contributed by atoms with Gasteiger partial charge in [0.05, 0.1) is 21.3 Å². The minimum Gasteiger partial charge on any atom is -0.497 e. The van der Waals surface area contributed by atoms with Gasteiger partial charge in [-0.25, -0.2) is 5.84 Å². The van der Waals surface area contributed by atoms with Crippen LogP contribution in [0.3, 0.4) is 0 Å². The summed E-state index contributed by atoms with van der Waals surface area (Å²) in [5.41, 5.74) is 2.96. The predicted molar refractivity (Wildman–Crippen MR) is 100 cm³/mol. The Labute approximate surface area is 156 Å². The van der Waals surface area contributed by atoms with Crippen molar-refractivity contribution in [1.82, 2.24) is 10.7 Å². The quantitative estimate of drug-likeness (QED) is 0.294. The highest BCUT2D eigenvalue weighted by Gasteiger charge is 2.14. The van der Waals surface area contributed by atoms with Crippen LogP contribution in [-0.4, -0.2) is 33.1 Å². The van der Waals surface area contributed by atoms with Crippen LogP contribution in [0.4, 0.5) is 0 Å². The zero-order valence-corrected chi connectivity index (χ0v) is 15.2. The van der Waals surface area contributed by atoms with Gasteiger partial charge < -0.3 is 19.5 Å². The molecule has 2 aromatic rings. The van der Waals surface area contributed by atoms with E-state index < -0.39 is 11.8 Å². The number of nitrogens with two attached hydrogens (primary N) is 1. The average molecular weight is 371 g/mol. The highest BCUT2D eigenvalue weighted by atomic mass is 16.5. The number of nitrogens with one attached hydrogen (secondary N) is 2. The second kappa shape index (κ2) is 9.25. The third kappa shape index (κ3) is 4.99. The van der Waals surface area contributed by atoms with Crippen molar-refractivity contribution < 1.29 is 23.8 Å². The molecule has 0 bridgehead atoms. The van der Waals surface area contributed by atoms with Crippen LogP contribution in [0.25, 0.3) is 6.08 Å². The van der Waals surface area contributed by atoms with E-state index in [1.807, 2.05) is 5.43 Å². The second-order valence-electron chi connectivity index (χ2n) is 5.33. The fourth-order valence-electron chi connectivity index (χ4n) is 2.28. The molecule has 2 aromatic carbocycles. The first-order valence-electron chi connectivity index (χ1n) is 7.92. The Morgan fingerprint density at radius 1 is 0.926 bits per heavy atom. The van der Waals surface area contributed by atoms with E-state index in [9.17, 15) is 9.59 Å². The van der Waals surface area contributed by atoms with Gasteiger partial charge in [0.25, 0.3) is 11.8 Å². The van der Waals surface area contributed by atoms with Crippen LogP contribution >= 0.6 is 0 Å². The summed E-state index contributed by atoms with van der Waals surface area (Å²) in [4.78, 5) is 24.5. The first-order valence-corrected chi connectivity index (χ1v) is 7.92. The largest absolute Gasteiger partial charge is 0.497 e. The van der Waals surface area contributed by atoms with E-state index in [2.05, 4.69) is 5.32 Å². The lowest BCUT2D eigenvalue weighted by molar-refractivity contribution is -0.117. The molecule has 0 aromatic heterocycles. The van der Waals surface area contributed by atoms with Crippen molar-refractivity contribution in [2.75, 3.05) is 21.3 Å². The van der Waals surface area contributed by atoms with E-state index in [1.165, 1.54) is 27.4 Å². The highest BCUT2D eigenvalue weighted by molar-refractivity contribution is 6.05. The zero-order chi connectivity index (χ0) is 19.8. The van der Waals surface area contributed by atoms with Crippen LogP contribution in [0.15, 0.2) is 48.2 Å². The summed E-state index contributed by atoms with van der Waals surface area (Å²) in [7, 11) is 4.56. The number of benzene rings is 2. The first kappa shape index (κ1) is 19.8. The molecule has 0 aliphatic rings. The third-order valence-corrected chi connectivity index (χ3v) is 3.69. The van der Waals surface area contributed by atoms with Gasteiger partial charge in [0.15, 0.2) is 11.5 Å². The van der Waals surface area contributed by atoms with Crippen LogP contribution in [0, 0.1) is 0 Å². The van der Waals surface area contributed by atoms with Crippen molar-refractivity contribution in [2.24, 2.45) is 5.84 Å². The monoisotopic (exact) mass is 371 g/mol. The zero-order valence-electron chi connectivity index (χ0n) is 15.2. The molecule has 8 nitrogen and oxygen atoms in total. The maximum Gasteiger partial charge on any atom is 0.281 e. The van der Waals surface area contributed by atoms with E-state index in [4.69, 9.17) is 20.1 Å². The van der Waals surface area contributed by atoms with Gasteiger partial charge >= 0.3 is 0 Å².